The second-order valence-electron chi connectivity index (χ2n) is 5.48. The lowest BCUT2D eigenvalue weighted by Gasteiger charge is -2.19. The van der Waals surface area contributed by atoms with Crippen LogP contribution in [0.25, 0.3) is 5.70 Å². The maximum atomic E-state index is 12.3. The van der Waals surface area contributed by atoms with Gasteiger partial charge >= 0.3 is 0 Å². The monoisotopic (exact) mass is 340 g/mol. The number of hydrazine groups is 1. The maximum absolute atomic E-state index is 12.3. The average molecular weight is 340 g/mol. The SMILES string of the molecule is C=C(NNC(=O)c1ccc2c(c1)OCO2)c1ccc2c(c1)OCCO2. The molecule has 2 aromatic carbocycles. The summed E-state index contributed by atoms with van der Waals surface area (Å²) in [6.45, 7) is 5.15. The zero-order valence-electron chi connectivity index (χ0n) is 13.3. The van der Waals surface area contributed by atoms with Crippen molar-refractivity contribution in [3.05, 3.63) is 54.1 Å². The van der Waals surface area contributed by atoms with E-state index in [4.69, 9.17) is 18.9 Å². The number of nitrogens with one attached hydrogen (secondary N) is 2. The summed E-state index contributed by atoms with van der Waals surface area (Å²) >= 11 is 0. The normalized spacial score (nSPS) is 13.9. The van der Waals surface area contributed by atoms with Gasteiger partial charge in [0.15, 0.2) is 23.0 Å². The molecule has 0 atom stereocenters. The van der Waals surface area contributed by atoms with Gasteiger partial charge in [-0.1, -0.05) is 6.58 Å². The van der Waals surface area contributed by atoms with Crippen LogP contribution < -0.4 is 29.8 Å². The molecule has 0 aliphatic carbocycles. The zero-order valence-corrected chi connectivity index (χ0v) is 13.3. The summed E-state index contributed by atoms with van der Waals surface area (Å²) in [6, 6.07) is 10.5. The third kappa shape index (κ3) is 3.03. The molecule has 25 heavy (non-hydrogen) atoms. The Labute approximate surface area is 144 Å². The van der Waals surface area contributed by atoms with Crippen molar-refractivity contribution in [3.63, 3.8) is 0 Å². The number of carbonyl (C=O) groups excluding carboxylic acids is 1. The summed E-state index contributed by atoms with van der Waals surface area (Å²) in [5, 5.41) is 0. The van der Waals surface area contributed by atoms with E-state index >= 15 is 0 Å². The van der Waals surface area contributed by atoms with Crippen LogP contribution in [0.4, 0.5) is 0 Å². The van der Waals surface area contributed by atoms with Crippen molar-refractivity contribution in [1.82, 2.24) is 10.9 Å². The molecule has 0 unspecified atom stereocenters. The van der Waals surface area contributed by atoms with Gasteiger partial charge in [0.2, 0.25) is 6.79 Å². The number of benzene rings is 2. The quantitative estimate of drug-likeness (QED) is 0.830. The number of ether oxygens (including phenoxy) is 4. The Kier molecular flexibility index (Phi) is 3.81. The number of amides is 1. The van der Waals surface area contributed by atoms with Gasteiger partial charge in [-0.05, 0) is 36.4 Å². The summed E-state index contributed by atoms with van der Waals surface area (Å²) in [4.78, 5) is 12.3. The fourth-order valence-corrected chi connectivity index (χ4v) is 2.55. The van der Waals surface area contributed by atoms with E-state index < -0.39 is 0 Å². The Morgan fingerprint density at radius 1 is 0.800 bits per heavy atom. The van der Waals surface area contributed by atoms with Gasteiger partial charge in [0.05, 0.1) is 5.70 Å². The molecule has 4 rings (SSSR count). The number of hydrogen-bond acceptors (Lipinski definition) is 6. The minimum Gasteiger partial charge on any atom is -0.486 e. The largest absolute Gasteiger partial charge is 0.486 e. The molecule has 7 heteroatoms. The van der Waals surface area contributed by atoms with Crippen LogP contribution in [0, 0.1) is 0 Å². The van der Waals surface area contributed by atoms with E-state index in [2.05, 4.69) is 17.4 Å². The lowest BCUT2D eigenvalue weighted by Crippen LogP contribution is -2.35. The Morgan fingerprint density at radius 3 is 2.24 bits per heavy atom. The van der Waals surface area contributed by atoms with E-state index in [1.165, 1.54) is 0 Å². The molecule has 128 valence electrons. The summed E-state index contributed by atoms with van der Waals surface area (Å²) in [5.74, 6) is 2.24. The number of carbonyl (C=O) groups is 1. The van der Waals surface area contributed by atoms with E-state index in [1.807, 2.05) is 18.2 Å². The van der Waals surface area contributed by atoms with E-state index in [-0.39, 0.29) is 12.7 Å². The summed E-state index contributed by atoms with van der Waals surface area (Å²) in [7, 11) is 0. The molecule has 0 saturated heterocycles. The molecule has 2 heterocycles. The van der Waals surface area contributed by atoms with Crippen molar-refractivity contribution < 1.29 is 23.7 Å². The number of rotatable bonds is 4. The van der Waals surface area contributed by atoms with E-state index in [9.17, 15) is 4.79 Å². The first kappa shape index (κ1) is 15.2. The third-order valence-electron chi connectivity index (χ3n) is 3.85. The van der Waals surface area contributed by atoms with Crippen LogP contribution in [0.15, 0.2) is 43.0 Å². The van der Waals surface area contributed by atoms with E-state index in [0.29, 0.717) is 47.5 Å². The van der Waals surface area contributed by atoms with Crippen molar-refractivity contribution in [1.29, 1.82) is 0 Å². The van der Waals surface area contributed by atoms with Crippen molar-refractivity contribution in [3.8, 4) is 23.0 Å². The van der Waals surface area contributed by atoms with Crippen molar-refractivity contribution in [2.24, 2.45) is 0 Å². The highest BCUT2D eigenvalue weighted by molar-refractivity contribution is 5.95. The minimum atomic E-state index is -0.308. The van der Waals surface area contributed by atoms with Crippen LogP contribution in [-0.4, -0.2) is 25.9 Å². The summed E-state index contributed by atoms with van der Waals surface area (Å²) < 4.78 is 21.5. The summed E-state index contributed by atoms with van der Waals surface area (Å²) in [6.07, 6.45) is 0. The van der Waals surface area contributed by atoms with E-state index in [1.54, 1.807) is 18.2 Å². The molecular weight excluding hydrogens is 324 g/mol. The van der Waals surface area contributed by atoms with Crippen LogP contribution in [0.3, 0.4) is 0 Å². The molecule has 7 nitrogen and oxygen atoms in total. The molecule has 2 aliphatic heterocycles. The molecule has 2 N–H and O–H groups in total. The van der Waals surface area contributed by atoms with Gasteiger partial charge in [-0.3, -0.25) is 15.6 Å². The van der Waals surface area contributed by atoms with Gasteiger partial charge in [-0.2, -0.15) is 0 Å². The highest BCUT2D eigenvalue weighted by atomic mass is 16.7. The molecule has 0 spiro atoms. The lowest BCUT2D eigenvalue weighted by molar-refractivity contribution is 0.0942. The van der Waals surface area contributed by atoms with Crippen molar-refractivity contribution in [2.75, 3.05) is 20.0 Å². The second-order valence-corrected chi connectivity index (χ2v) is 5.48. The second kappa shape index (κ2) is 6.27. The molecule has 0 radical (unpaired) electrons. The first-order valence-corrected chi connectivity index (χ1v) is 7.75. The molecule has 0 saturated carbocycles. The van der Waals surface area contributed by atoms with Gasteiger partial charge < -0.3 is 18.9 Å². The Morgan fingerprint density at radius 2 is 1.40 bits per heavy atom. The lowest BCUT2D eigenvalue weighted by atomic mass is 10.1. The predicted octanol–water partition coefficient (Wildman–Crippen LogP) is 2.09. The minimum absolute atomic E-state index is 0.166. The fraction of sp³-hybridized carbons (Fsp3) is 0.167. The molecule has 2 aromatic rings. The molecule has 0 aromatic heterocycles. The predicted molar refractivity (Wildman–Crippen MR) is 89.6 cm³/mol. The van der Waals surface area contributed by atoms with E-state index in [0.717, 1.165) is 5.56 Å². The molecule has 1 amide bonds. The average Bonchev–Trinajstić information content (AvgIpc) is 3.13. The third-order valence-corrected chi connectivity index (χ3v) is 3.85. The van der Waals surface area contributed by atoms with Gasteiger partial charge in [-0.15, -0.1) is 0 Å². The Balaban J connectivity index is 1.40. The molecular formula is C18H16N2O5. The fourth-order valence-electron chi connectivity index (χ4n) is 2.55. The van der Waals surface area contributed by atoms with Gasteiger partial charge in [0, 0.05) is 11.1 Å². The topological polar surface area (TPSA) is 78.1 Å². The Hall–Kier alpha value is -3.35. The first-order chi connectivity index (χ1) is 12.2. The highest BCUT2D eigenvalue weighted by Crippen LogP contribution is 2.33. The zero-order chi connectivity index (χ0) is 17.2. The van der Waals surface area contributed by atoms with Gasteiger partial charge in [-0.25, -0.2) is 0 Å². The number of hydrogen-bond donors (Lipinski definition) is 2. The van der Waals surface area contributed by atoms with Crippen molar-refractivity contribution >= 4 is 11.6 Å². The standard InChI is InChI=1S/C18H16N2O5/c1-11(12-2-4-14-16(8-12)23-7-6-22-14)19-20-18(21)13-3-5-15-17(9-13)25-10-24-15/h2-5,8-9,19H,1,6-7,10H2,(H,20,21). The van der Waals surface area contributed by atoms with Crippen molar-refractivity contribution in [2.45, 2.75) is 0 Å². The molecule has 0 fully saturated rings. The summed E-state index contributed by atoms with van der Waals surface area (Å²) in [5.41, 5.74) is 7.19. The van der Waals surface area contributed by atoms with Gasteiger partial charge in [0.1, 0.15) is 13.2 Å². The maximum Gasteiger partial charge on any atom is 0.269 e. The van der Waals surface area contributed by atoms with Crippen LogP contribution >= 0.6 is 0 Å². The van der Waals surface area contributed by atoms with Crippen LogP contribution in [0.1, 0.15) is 15.9 Å². The molecule has 2 aliphatic rings. The highest BCUT2D eigenvalue weighted by Gasteiger charge is 2.17. The van der Waals surface area contributed by atoms with Gasteiger partial charge in [0.25, 0.3) is 5.91 Å². The molecule has 0 bridgehead atoms. The number of fused-ring (bicyclic) bond motifs is 2. The smallest absolute Gasteiger partial charge is 0.269 e. The van der Waals surface area contributed by atoms with Crippen LogP contribution in [-0.2, 0) is 0 Å². The van der Waals surface area contributed by atoms with Crippen LogP contribution in [0.5, 0.6) is 23.0 Å². The van der Waals surface area contributed by atoms with Crippen LogP contribution in [0.2, 0.25) is 0 Å². The Bertz CT molecular complexity index is 849. The first-order valence-electron chi connectivity index (χ1n) is 7.75.